The summed E-state index contributed by atoms with van der Waals surface area (Å²) in [7, 11) is 1.55. The molecule has 0 aromatic heterocycles. The van der Waals surface area contributed by atoms with Gasteiger partial charge in [0.1, 0.15) is 23.0 Å². The summed E-state index contributed by atoms with van der Waals surface area (Å²) in [6.45, 7) is 0. The smallest absolute Gasteiger partial charge is 0.188 e. The number of halogens is 1. The molecule has 2 heterocycles. The zero-order chi connectivity index (χ0) is 27.6. The lowest BCUT2D eigenvalue weighted by molar-refractivity contribution is 0.0666. The molecule has 1 fully saturated rings. The molecule has 1 aliphatic carbocycles. The third-order valence-electron chi connectivity index (χ3n) is 8.60. The standard InChI is InChI=1S/C34H24FNO4/c1-40-22-17-14-21(15-18-22)29-30(31(37)25-11-5-6-12-26(25)35)36-27-13-7-2-8-20(27)16-19-28(36)34(29)32(38)23-9-3-4-10-24(23)33(34)39/h2-19,28-30H,1H3/t28-,29-,30+/m1/s1. The van der Waals surface area contributed by atoms with Gasteiger partial charge in [0, 0.05) is 22.7 Å². The number of hydrogen-bond acceptors (Lipinski definition) is 5. The number of ketones is 3. The van der Waals surface area contributed by atoms with Gasteiger partial charge in [0.05, 0.1) is 18.7 Å². The Balaban J connectivity index is 1.55. The number of hydrogen-bond donors (Lipinski definition) is 0. The summed E-state index contributed by atoms with van der Waals surface area (Å²) >= 11 is 0. The van der Waals surface area contributed by atoms with E-state index < -0.39 is 35.0 Å². The second-order valence-electron chi connectivity index (χ2n) is 10.4. The first kappa shape index (κ1) is 24.2. The Bertz CT molecular complexity index is 1710. The SMILES string of the molecule is COc1ccc([C@@H]2[C@@H](C(=O)c3ccccc3F)N3c4ccccc4C=C[C@@H]3C23C(=O)c2ccccc2C3=O)cc1. The Morgan fingerprint density at radius 1 is 0.825 bits per heavy atom. The zero-order valence-corrected chi connectivity index (χ0v) is 21.6. The van der Waals surface area contributed by atoms with Crippen LogP contribution in [-0.4, -0.2) is 36.5 Å². The molecule has 1 spiro atoms. The van der Waals surface area contributed by atoms with Crippen LogP contribution in [0, 0.1) is 11.2 Å². The van der Waals surface area contributed by atoms with Crippen LogP contribution < -0.4 is 9.64 Å². The van der Waals surface area contributed by atoms with Crippen LogP contribution in [0.25, 0.3) is 6.08 Å². The Morgan fingerprint density at radius 3 is 2.12 bits per heavy atom. The van der Waals surface area contributed by atoms with E-state index in [2.05, 4.69) is 0 Å². The molecule has 5 nitrogen and oxygen atoms in total. The van der Waals surface area contributed by atoms with Crippen molar-refractivity contribution < 1.29 is 23.5 Å². The Hall–Kier alpha value is -4.84. The summed E-state index contributed by atoms with van der Waals surface area (Å²) in [5.74, 6) is -2.08. The minimum atomic E-state index is -1.63. The predicted octanol–water partition coefficient (Wildman–Crippen LogP) is 6.15. The topological polar surface area (TPSA) is 63.7 Å². The fourth-order valence-corrected chi connectivity index (χ4v) is 6.92. The number of ether oxygens (including phenoxy) is 1. The molecule has 0 N–H and O–H groups in total. The average Bonchev–Trinajstić information content (AvgIpc) is 3.43. The van der Waals surface area contributed by atoms with Gasteiger partial charge < -0.3 is 9.64 Å². The van der Waals surface area contributed by atoms with E-state index in [0.29, 0.717) is 22.4 Å². The summed E-state index contributed by atoms with van der Waals surface area (Å²) < 4.78 is 20.5. The molecule has 2 aliphatic heterocycles. The van der Waals surface area contributed by atoms with Crippen LogP contribution >= 0.6 is 0 Å². The molecule has 0 radical (unpaired) electrons. The number of anilines is 1. The van der Waals surface area contributed by atoms with Gasteiger partial charge in [-0.3, -0.25) is 14.4 Å². The van der Waals surface area contributed by atoms with Crippen molar-refractivity contribution in [1.29, 1.82) is 0 Å². The van der Waals surface area contributed by atoms with Crippen LogP contribution in [0.5, 0.6) is 5.75 Å². The van der Waals surface area contributed by atoms with Gasteiger partial charge in [0.15, 0.2) is 17.3 Å². The van der Waals surface area contributed by atoms with Crippen molar-refractivity contribution in [3.05, 3.63) is 137 Å². The second kappa shape index (κ2) is 8.85. The van der Waals surface area contributed by atoms with Crippen LogP contribution in [-0.2, 0) is 0 Å². The lowest BCUT2D eigenvalue weighted by Gasteiger charge is -2.37. The van der Waals surface area contributed by atoms with E-state index in [9.17, 15) is 14.4 Å². The fraction of sp³-hybridized carbons (Fsp3) is 0.147. The van der Waals surface area contributed by atoms with Crippen molar-refractivity contribution in [3.63, 3.8) is 0 Å². The van der Waals surface area contributed by atoms with Crippen LogP contribution in [0.15, 0.2) is 103 Å². The molecule has 3 aliphatic rings. The van der Waals surface area contributed by atoms with Gasteiger partial charge in [-0.15, -0.1) is 0 Å². The molecule has 0 bridgehead atoms. The van der Waals surface area contributed by atoms with Gasteiger partial charge in [0.2, 0.25) is 0 Å². The van der Waals surface area contributed by atoms with Crippen molar-refractivity contribution in [1.82, 2.24) is 0 Å². The van der Waals surface area contributed by atoms with Gasteiger partial charge in [-0.1, -0.05) is 78.9 Å². The van der Waals surface area contributed by atoms with E-state index in [-0.39, 0.29) is 17.1 Å². The predicted molar refractivity (Wildman–Crippen MR) is 150 cm³/mol. The van der Waals surface area contributed by atoms with Gasteiger partial charge >= 0.3 is 0 Å². The van der Waals surface area contributed by atoms with Crippen molar-refractivity contribution in [2.24, 2.45) is 5.41 Å². The first-order chi connectivity index (χ1) is 19.5. The van der Waals surface area contributed by atoms with E-state index in [4.69, 9.17) is 4.74 Å². The van der Waals surface area contributed by atoms with Gasteiger partial charge in [-0.25, -0.2) is 4.39 Å². The fourth-order valence-electron chi connectivity index (χ4n) is 6.92. The Morgan fingerprint density at radius 2 is 1.45 bits per heavy atom. The molecule has 196 valence electrons. The highest BCUT2D eigenvalue weighted by molar-refractivity contribution is 6.32. The summed E-state index contributed by atoms with van der Waals surface area (Å²) in [5.41, 5.74) is 1.18. The molecule has 4 aromatic rings. The molecule has 1 saturated heterocycles. The van der Waals surface area contributed by atoms with Crippen LogP contribution in [0.1, 0.15) is 48.1 Å². The molecule has 3 atom stereocenters. The molecule has 0 unspecified atom stereocenters. The van der Waals surface area contributed by atoms with Crippen LogP contribution in [0.3, 0.4) is 0 Å². The molecule has 0 amide bonds. The van der Waals surface area contributed by atoms with Gasteiger partial charge in [-0.05, 0) is 41.5 Å². The first-order valence-electron chi connectivity index (χ1n) is 13.2. The molecule has 6 heteroatoms. The molecule has 40 heavy (non-hydrogen) atoms. The summed E-state index contributed by atoms with van der Waals surface area (Å²) in [5, 5.41) is 0. The number of fused-ring (bicyclic) bond motifs is 5. The highest BCUT2D eigenvalue weighted by atomic mass is 19.1. The van der Waals surface area contributed by atoms with E-state index in [1.165, 1.54) is 18.2 Å². The maximum Gasteiger partial charge on any atom is 0.188 e. The Labute approximate surface area is 230 Å². The van der Waals surface area contributed by atoms with E-state index in [1.54, 1.807) is 61.7 Å². The molecule has 4 aromatic carbocycles. The van der Waals surface area contributed by atoms with Crippen molar-refractivity contribution >= 4 is 29.1 Å². The minimum absolute atomic E-state index is 0.0794. The monoisotopic (exact) mass is 529 g/mol. The summed E-state index contributed by atoms with van der Waals surface area (Å²) in [6.07, 6.45) is 3.76. The lowest BCUT2D eigenvalue weighted by Crippen LogP contribution is -2.48. The van der Waals surface area contributed by atoms with E-state index in [0.717, 1.165) is 11.3 Å². The third kappa shape index (κ3) is 3.10. The number of para-hydroxylation sites is 1. The molecular weight excluding hydrogens is 505 g/mol. The highest BCUT2D eigenvalue weighted by Gasteiger charge is 2.71. The maximum atomic E-state index is 15.2. The van der Waals surface area contributed by atoms with Crippen molar-refractivity contribution in [3.8, 4) is 5.75 Å². The van der Waals surface area contributed by atoms with E-state index in [1.807, 2.05) is 41.3 Å². The van der Waals surface area contributed by atoms with E-state index >= 15 is 4.39 Å². The number of methoxy groups -OCH3 is 1. The van der Waals surface area contributed by atoms with Crippen molar-refractivity contribution in [2.45, 2.75) is 18.0 Å². The third-order valence-corrected chi connectivity index (χ3v) is 8.60. The highest BCUT2D eigenvalue weighted by Crippen LogP contribution is 2.61. The first-order valence-corrected chi connectivity index (χ1v) is 13.2. The quantitative estimate of drug-likeness (QED) is 0.234. The zero-order valence-electron chi connectivity index (χ0n) is 21.6. The largest absolute Gasteiger partial charge is 0.497 e. The summed E-state index contributed by atoms with van der Waals surface area (Å²) in [6, 6.07) is 25.6. The number of rotatable bonds is 4. The van der Waals surface area contributed by atoms with Crippen LogP contribution in [0.4, 0.5) is 10.1 Å². The molecule has 7 rings (SSSR count). The normalized spacial score (nSPS) is 21.8. The van der Waals surface area contributed by atoms with Crippen molar-refractivity contribution in [2.75, 3.05) is 12.0 Å². The maximum absolute atomic E-state index is 15.2. The Kier molecular flexibility index (Phi) is 5.36. The summed E-state index contributed by atoms with van der Waals surface area (Å²) in [4.78, 5) is 45.6. The van der Waals surface area contributed by atoms with Gasteiger partial charge in [0.25, 0.3) is 0 Å². The second-order valence-corrected chi connectivity index (χ2v) is 10.4. The number of carbonyl (C=O) groups is 3. The number of nitrogens with zero attached hydrogens (tertiary/aromatic N) is 1. The van der Waals surface area contributed by atoms with Crippen LogP contribution in [0.2, 0.25) is 0 Å². The number of benzene rings is 4. The molecule has 0 saturated carbocycles. The van der Waals surface area contributed by atoms with Gasteiger partial charge in [-0.2, -0.15) is 0 Å². The minimum Gasteiger partial charge on any atom is -0.497 e. The number of carbonyl (C=O) groups excluding carboxylic acids is 3. The number of Topliss-reactive ketones (excluding diaryl/α,β-unsaturated/α-hetero) is 3. The average molecular weight is 530 g/mol. The lowest BCUT2D eigenvalue weighted by atomic mass is 9.64. The molecular formula is C34H24FNO4.